The average Bonchev–Trinajstić information content (AvgIpc) is 2.96. The zero-order valence-electron chi connectivity index (χ0n) is 11.2. The quantitative estimate of drug-likeness (QED) is 0.806. The number of tetrazole rings is 1. The van der Waals surface area contributed by atoms with Crippen LogP contribution in [0.2, 0.25) is 0 Å². The van der Waals surface area contributed by atoms with Crippen LogP contribution in [-0.4, -0.2) is 37.9 Å². The van der Waals surface area contributed by atoms with E-state index in [0.29, 0.717) is 11.5 Å². The van der Waals surface area contributed by atoms with E-state index in [1.165, 1.54) is 4.68 Å². The molecule has 2 aromatic rings. The van der Waals surface area contributed by atoms with Crippen LogP contribution in [0.1, 0.15) is 18.5 Å². The van der Waals surface area contributed by atoms with E-state index < -0.39 is 12.0 Å². The van der Waals surface area contributed by atoms with Gasteiger partial charge in [-0.15, -0.1) is 0 Å². The maximum atomic E-state index is 12.1. The van der Waals surface area contributed by atoms with E-state index in [-0.39, 0.29) is 12.4 Å². The van der Waals surface area contributed by atoms with Gasteiger partial charge in [-0.25, -0.2) is 4.79 Å². The third-order valence-corrected chi connectivity index (χ3v) is 3.11. The molecule has 0 amide bonds. The summed E-state index contributed by atoms with van der Waals surface area (Å²) >= 11 is 0. The molecule has 108 valence electrons. The predicted octanol–water partition coefficient (Wildman–Crippen LogP) is 0.841. The summed E-state index contributed by atoms with van der Waals surface area (Å²) < 4.78 is 6.57. The van der Waals surface area contributed by atoms with Gasteiger partial charge in [0.1, 0.15) is 11.8 Å². The summed E-state index contributed by atoms with van der Waals surface area (Å²) in [5, 5.41) is 23.6. The van der Waals surface area contributed by atoms with Crippen molar-refractivity contribution in [2.45, 2.75) is 13.0 Å². The minimum atomic E-state index is -0.504. The monoisotopic (exact) mass is 287 g/mol. The van der Waals surface area contributed by atoms with E-state index in [4.69, 9.17) is 4.74 Å². The normalized spacial score (nSPS) is 16.6. The first-order valence-corrected chi connectivity index (χ1v) is 6.41. The SMILES string of the molecule is CCOC(=O)C1=CNc2nnnn2C1c1ccc(O)cc1. The molecule has 1 atom stereocenters. The molecule has 21 heavy (non-hydrogen) atoms. The number of phenolic OH excluding ortho intramolecular Hbond substituents is 1. The van der Waals surface area contributed by atoms with Crippen molar-refractivity contribution in [2.24, 2.45) is 0 Å². The van der Waals surface area contributed by atoms with Gasteiger partial charge >= 0.3 is 5.97 Å². The molecule has 2 N–H and O–H groups in total. The van der Waals surface area contributed by atoms with E-state index in [2.05, 4.69) is 20.8 Å². The van der Waals surface area contributed by atoms with Gasteiger partial charge in [-0.2, -0.15) is 4.68 Å². The maximum Gasteiger partial charge on any atom is 0.338 e. The standard InChI is InChI=1S/C13H13N5O3/c1-2-21-12(20)10-7-14-13-15-16-17-18(13)11(10)8-3-5-9(19)6-4-8/h3-7,11,19H,2H2,1H3,(H,14,15,17). The second-order valence-electron chi connectivity index (χ2n) is 4.41. The van der Waals surface area contributed by atoms with Crippen LogP contribution in [0.4, 0.5) is 5.95 Å². The Bertz CT molecular complexity index is 692. The molecule has 8 heteroatoms. The molecule has 1 unspecified atom stereocenters. The molecule has 0 radical (unpaired) electrons. The molecule has 8 nitrogen and oxygen atoms in total. The number of benzene rings is 1. The van der Waals surface area contributed by atoms with Crippen LogP contribution in [-0.2, 0) is 9.53 Å². The van der Waals surface area contributed by atoms with Gasteiger partial charge in [-0.3, -0.25) is 0 Å². The van der Waals surface area contributed by atoms with Crippen LogP contribution in [0.25, 0.3) is 0 Å². The van der Waals surface area contributed by atoms with E-state index in [1.807, 2.05) is 0 Å². The Balaban J connectivity index is 2.05. The number of nitrogens with one attached hydrogen (secondary N) is 1. The second-order valence-corrected chi connectivity index (χ2v) is 4.41. The van der Waals surface area contributed by atoms with E-state index in [9.17, 15) is 9.90 Å². The van der Waals surface area contributed by atoms with E-state index in [0.717, 1.165) is 5.56 Å². The van der Waals surface area contributed by atoms with Gasteiger partial charge < -0.3 is 15.2 Å². The Hall–Kier alpha value is -2.90. The predicted molar refractivity (Wildman–Crippen MR) is 72.4 cm³/mol. The molecule has 0 saturated heterocycles. The van der Waals surface area contributed by atoms with Crippen LogP contribution in [0, 0.1) is 0 Å². The number of nitrogens with zero attached hydrogens (tertiary/aromatic N) is 4. The summed E-state index contributed by atoms with van der Waals surface area (Å²) in [4.78, 5) is 12.1. The zero-order chi connectivity index (χ0) is 14.8. The Morgan fingerprint density at radius 1 is 1.43 bits per heavy atom. The first kappa shape index (κ1) is 13.1. The molecule has 1 aromatic carbocycles. The van der Waals surface area contributed by atoms with Gasteiger partial charge in [0.05, 0.1) is 12.2 Å². The van der Waals surface area contributed by atoms with Crippen LogP contribution in [0.15, 0.2) is 36.0 Å². The summed E-state index contributed by atoms with van der Waals surface area (Å²) in [5.41, 5.74) is 1.16. The number of carbonyl (C=O) groups is 1. The van der Waals surface area contributed by atoms with Crippen LogP contribution in [0.5, 0.6) is 5.75 Å². The number of anilines is 1. The highest BCUT2D eigenvalue weighted by Crippen LogP contribution is 2.32. The minimum absolute atomic E-state index is 0.145. The topological polar surface area (TPSA) is 102 Å². The Morgan fingerprint density at radius 3 is 2.90 bits per heavy atom. The molecular weight excluding hydrogens is 274 g/mol. The van der Waals surface area contributed by atoms with Gasteiger partial charge in [0.25, 0.3) is 0 Å². The first-order chi connectivity index (χ1) is 10.2. The molecule has 0 saturated carbocycles. The highest BCUT2D eigenvalue weighted by molar-refractivity contribution is 5.91. The third kappa shape index (κ3) is 2.31. The Kier molecular flexibility index (Phi) is 3.27. The summed E-state index contributed by atoms with van der Waals surface area (Å²) in [6, 6.07) is 6.01. The highest BCUT2D eigenvalue weighted by atomic mass is 16.5. The van der Waals surface area contributed by atoms with Gasteiger partial charge in [0, 0.05) is 6.20 Å². The lowest BCUT2D eigenvalue weighted by atomic mass is 9.98. The van der Waals surface area contributed by atoms with Crippen molar-refractivity contribution in [3.8, 4) is 5.75 Å². The summed E-state index contributed by atoms with van der Waals surface area (Å²) in [7, 11) is 0. The minimum Gasteiger partial charge on any atom is -0.508 e. The fourth-order valence-corrected chi connectivity index (χ4v) is 2.18. The fraction of sp³-hybridized carbons (Fsp3) is 0.231. The van der Waals surface area contributed by atoms with E-state index >= 15 is 0 Å². The number of ether oxygens (including phenoxy) is 1. The lowest BCUT2D eigenvalue weighted by molar-refractivity contribution is -0.139. The molecule has 2 heterocycles. The fourth-order valence-electron chi connectivity index (χ4n) is 2.18. The molecule has 0 spiro atoms. The second kappa shape index (κ2) is 5.23. The van der Waals surface area contributed by atoms with Crippen molar-refractivity contribution < 1.29 is 14.6 Å². The highest BCUT2D eigenvalue weighted by Gasteiger charge is 2.32. The Labute approximate surface area is 120 Å². The Morgan fingerprint density at radius 2 is 2.19 bits per heavy atom. The number of rotatable bonds is 3. The van der Waals surface area contributed by atoms with Gasteiger partial charge in [-0.05, 0) is 35.0 Å². The van der Waals surface area contributed by atoms with Crippen molar-refractivity contribution >= 4 is 11.9 Å². The van der Waals surface area contributed by atoms with Crippen molar-refractivity contribution in [1.29, 1.82) is 0 Å². The van der Waals surface area contributed by atoms with Crippen molar-refractivity contribution in [1.82, 2.24) is 20.2 Å². The zero-order valence-corrected chi connectivity index (χ0v) is 11.2. The number of hydrogen-bond acceptors (Lipinski definition) is 7. The summed E-state index contributed by atoms with van der Waals surface area (Å²) in [5.74, 6) is 0.136. The summed E-state index contributed by atoms with van der Waals surface area (Å²) in [6.07, 6.45) is 1.54. The number of aromatic hydroxyl groups is 1. The average molecular weight is 287 g/mol. The van der Waals surface area contributed by atoms with Gasteiger partial charge in [0.15, 0.2) is 0 Å². The van der Waals surface area contributed by atoms with Gasteiger partial charge in [-0.1, -0.05) is 17.2 Å². The van der Waals surface area contributed by atoms with Crippen molar-refractivity contribution in [3.05, 3.63) is 41.6 Å². The number of aromatic nitrogens is 4. The van der Waals surface area contributed by atoms with Crippen LogP contribution in [0.3, 0.4) is 0 Å². The molecular formula is C13H13N5O3. The van der Waals surface area contributed by atoms with Gasteiger partial charge in [0.2, 0.25) is 5.95 Å². The third-order valence-electron chi connectivity index (χ3n) is 3.11. The molecule has 0 bridgehead atoms. The maximum absolute atomic E-state index is 12.1. The molecule has 0 fully saturated rings. The molecule has 1 aliphatic rings. The lowest BCUT2D eigenvalue weighted by Crippen LogP contribution is -2.27. The largest absolute Gasteiger partial charge is 0.508 e. The number of hydrogen-bond donors (Lipinski definition) is 2. The number of esters is 1. The molecule has 1 aliphatic heterocycles. The lowest BCUT2D eigenvalue weighted by Gasteiger charge is -2.24. The van der Waals surface area contributed by atoms with Crippen LogP contribution >= 0.6 is 0 Å². The number of phenols is 1. The van der Waals surface area contributed by atoms with E-state index in [1.54, 1.807) is 37.4 Å². The summed E-state index contributed by atoms with van der Waals surface area (Å²) in [6.45, 7) is 2.02. The first-order valence-electron chi connectivity index (χ1n) is 6.41. The number of fused-ring (bicyclic) bond motifs is 1. The smallest absolute Gasteiger partial charge is 0.338 e. The molecule has 1 aromatic heterocycles. The van der Waals surface area contributed by atoms with Crippen molar-refractivity contribution in [3.63, 3.8) is 0 Å². The molecule has 0 aliphatic carbocycles. The van der Waals surface area contributed by atoms with Crippen LogP contribution < -0.4 is 5.32 Å². The number of carbonyl (C=O) groups excluding carboxylic acids is 1. The van der Waals surface area contributed by atoms with Crippen molar-refractivity contribution in [2.75, 3.05) is 11.9 Å². The molecule has 3 rings (SSSR count).